The molecule has 2 aromatic rings. The summed E-state index contributed by atoms with van der Waals surface area (Å²) < 4.78 is 1.84. The van der Waals surface area contributed by atoms with Gasteiger partial charge in [-0.2, -0.15) is 5.10 Å². The minimum Gasteiger partial charge on any atom is -0.350 e. The van der Waals surface area contributed by atoms with E-state index in [-0.39, 0.29) is 11.8 Å². The van der Waals surface area contributed by atoms with Crippen LogP contribution in [-0.4, -0.2) is 27.6 Å². The average Bonchev–Trinajstić information content (AvgIpc) is 3.15. The standard InChI is InChI=1S/C16H18N4O2/c21-15-7-6-14(19-15)16(22)17-8-13-9-18-20(11-13)10-12-4-2-1-3-5-12/h1-5,9,11,14H,6-8,10H2,(H,17,22)(H,19,21). The molecule has 114 valence electrons. The van der Waals surface area contributed by atoms with Gasteiger partial charge in [0.05, 0.1) is 12.7 Å². The molecule has 0 aliphatic carbocycles. The van der Waals surface area contributed by atoms with Gasteiger partial charge in [0.15, 0.2) is 0 Å². The Morgan fingerprint density at radius 2 is 2.14 bits per heavy atom. The van der Waals surface area contributed by atoms with E-state index in [9.17, 15) is 9.59 Å². The SMILES string of the molecule is O=C1CCC(C(=O)NCc2cnn(Cc3ccccc3)c2)N1. The number of nitrogens with one attached hydrogen (secondary N) is 2. The van der Waals surface area contributed by atoms with E-state index in [4.69, 9.17) is 0 Å². The first kappa shape index (κ1) is 14.3. The number of nitrogens with zero attached hydrogens (tertiary/aromatic N) is 2. The smallest absolute Gasteiger partial charge is 0.242 e. The fourth-order valence-corrected chi connectivity index (χ4v) is 2.48. The van der Waals surface area contributed by atoms with Crippen LogP contribution in [0.2, 0.25) is 0 Å². The Morgan fingerprint density at radius 3 is 2.86 bits per heavy atom. The van der Waals surface area contributed by atoms with Crippen molar-refractivity contribution in [2.45, 2.75) is 32.0 Å². The minimum absolute atomic E-state index is 0.0594. The highest BCUT2D eigenvalue weighted by Crippen LogP contribution is 2.07. The van der Waals surface area contributed by atoms with Crippen molar-refractivity contribution in [2.24, 2.45) is 0 Å². The van der Waals surface area contributed by atoms with E-state index >= 15 is 0 Å². The van der Waals surface area contributed by atoms with Gasteiger partial charge in [-0.05, 0) is 12.0 Å². The normalized spacial score (nSPS) is 17.3. The number of benzene rings is 1. The molecule has 3 rings (SSSR count). The summed E-state index contributed by atoms with van der Waals surface area (Å²) in [5.74, 6) is -0.197. The second-order valence-electron chi connectivity index (χ2n) is 5.41. The number of hydrogen-bond acceptors (Lipinski definition) is 3. The third-order valence-electron chi connectivity index (χ3n) is 3.65. The van der Waals surface area contributed by atoms with Gasteiger partial charge in [0.25, 0.3) is 0 Å². The van der Waals surface area contributed by atoms with Crippen molar-refractivity contribution >= 4 is 11.8 Å². The topological polar surface area (TPSA) is 76.0 Å². The third-order valence-corrected chi connectivity index (χ3v) is 3.65. The molecular weight excluding hydrogens is 280 g/mol. The van der Waals surface area contributed by atoms with Crippen molar-refractivity contribution in [3.8, 4) is 0 Å². The Morgan fingerprint density at radius 1 is 1.32 bits per heavy atom. The summed E-state index contributed by atoms with van der Waals surface area (Å²) in [5, 5.41) is 9.78. The molecule has 0 spiro atoms. The lowest BCUT2D eigenvalue weighted by atomic mass is 10.2. The lowest BCUT2D eigenvalue weighted by molar-refractivity contribution is -0.125. The van der Waals surface area contributed by atoms with Crippen molar-refractivity contribution < 1.29 is 9.59 Å². The van der Waals surface area contributed by atoms with Crippen LogP contribution in [0.1, 0.15) is 24.0 Å². The van der Waals surface area contributed by atoms with Crippen LogP contribution in [-0.2, 0) is 22.7 Å². The molecule has 1 aromatic heterocycles. The van der Waals surface area contributed by atoms with E-state index in [2.05, 4.69) is 15.7 Å². The molecule has 6 heteroatoms. The molecule has 1 aromatic carbocycles. The van der Waals surface area contributed by atoms with E-state index < -0.39 is 6.04 Å². The summed E-state index contributed by atoms with van der Waals surface area (Å²) in [6.45, 7) is 1.12. The number of aromatic nitrogens is 2. The Kier molecular flexibility index (Phi) is 4.18. The highest BCUT2D eigenvalue weighted by Gasteiger charge is 2.26. The van der Waals surface area contributed by atoms with Gasteiger partial charge in [0.1, 0.15) is 6.04 Å². The quantitative estimate of drug-likeness (QED) is 0.858. The van der Waals surface area contributed by atoms with Gasteiger partial charge in [-0.3, -0.25) is 14.3 Å². The van der Waals surface area contributed by atoms with Gasteiger partial charge in [-0.1, -0.05) is 30.3 Å². The average molecular weight is 298 g/mol. The van der Waals surface area contributed by atoms with Crippen LogP contribution >= 0.6 is 0 Å². The van der Waals surface area contributed by atoms with Crippen molar-refractivity contribution in [1.29, 1.82) is 0 Å². The number of hydrogen-bond donors (Lipinski definition) is 2. The van der Waals surface area contributed by atoms with Crippen molar-refractivity contribution in [3.05, 3.63) is 53.9 Å². The van der Waals surface area contributed by atoms with Crippen LogP contribution < -0.4 is 10.6 Å². The monoisotopic (exact) mass is 298 g/mol. The lowest BCUT2D eigenvalue weighted by Gasteiger charge is -2.09. The van der Waals surface area contributed by atoms with Crippen molar-refractivity contribution in [1.82, 2.24) is 20.4 Å². The van der Waals surface area contributed by atoms with Gasteiger partial charge >= 0.3 is 0 Å². The Balaban J connectivity index is 1.51. The van der Waals surface area contributed by atoms with Gasteiger partial charge in [0.2, 0.25) is 11.8 Å². The maximum absolute atomic E-state index is 11.9. The number of carbonyl (C=O) groups is 2. The molecule has 1 saturated heterocycles. The molecule has 0 bridgehead atoms. The molecule has 0 saturated carbocycles. The molecule has 2 N–H and O–H groups in total. The van der Waals surface area contributed by atoms with Gasteiger partial charge in [-0.25, -0.2) is 0 Å². The van der Waals surface area contributed by atoms with E-state index in [0.717, 1.165) is 5.56 Å². The largest absolute Gasteiger partial charge is 0.350 e. The summed E-state index contributed by atoms with van der Waals surface area (Å²) in [7, 11) is 0. The maximum atomic E-state index is 11.9. The second kappa shape index (κ2) is 6.43. The Labute approximate surface area is 128 Å². The molecule has 1 atom stereocenters. The number of rotatable bonds is 5. The van der Waals surface area contributed by atoms with Crippen LogP contribution in [0.25, 0.3) is 0 Å². The lowest BCUT2D eigenvalue weighted by Crippen LogP contribution is -2.41. The van der Waals surface area contributed by atoms with Crippen LogP contribution in [0.15, 0.2) is 42.7 Å². The first-order chi connectivity index (χ1) is 10.7. The predicted octanol–water partition coefficient (Wildman–Crippen LogP) is 0.826. The first-order valence-electron chi connectivity index (χ1n) is 7.33. The molecule has 1 aliphatic rings. The molecule has 1 unspecified atom stereocenters. The van der Waals surface area contributed by atoms with Crippen molar-refractivity contribution in [2.75, 3.05) is 0 Å². The van der Waals surface area contributed by atoms with E-state index in [1.54, 1.807) is 6.20 Å². The predicted molar refractivity (Wildman–Crippen MR) is 80.8 cm³/mol. The molecular formula is C16H18N4O2. The second-order valence-corrected chi connectivity index (χ2v) is 5.41. The summed E-state index contributed by atoms with van der Waals surface area (Å²) in [6.07, 6.45) is 4.65. The summed E-state index contributed by atoms with van der Waals surface area (Å²) in [6, 6.07) is 9.67. The van der Waals surface area contributed by atoms with E-state index in [1.165, 1.54) is 5.56 Å². The number of amides is 2. The zero-order valence-electron chi connectivity index (χ0n) is 12.2. The van der Waals surface area contributed by atoms with Crippen LogP contribution in [0.4, 0.5) is 0 Å². The van der Waals surface area contributed by atoms with Crippen LogP contribution in [0.5, 0.6) is 0 Å². The Hall–Kier alpha value is -2.63. The molecule has 2 amide bonds. The van der Waals surface area contributed by atoms with Crippen LogP contribution in [0, 0.1) is 0 Å². The molecule has 6 nitrogen and oxygen atoms in total. The zero-order chi connectivity index (χ0) is 15.4. The third kappa shape index (κ3) is 3.52. The Bertz CT molecular complexity index is 666. The zero-order valence-corrected chi connectivity index (χ0v) is 12.2. The van der Waals surface area contributed by atoms with Gasteiger partial charge in [-0.15, -0.1) is 0 Å². The summed E-state index contributed by atoms with van der Waals surface area (Å²) >= 11 is 0. The fourth-order valence-electron chi connectivity index (χ4n) is 2.48. The summed E-state index contributed by atoms with van der Waals surface area (Å²) in [4.78, 5) is 23.0. The first-order valence-corrected chi connectivity index (χ1v) is 7.33. The van der Waals surface area contributed by atoms with E-state index in [0.29, 0.717) is 25.9 Å². The van der Waals surface area contributed by atoms with Crippen LogP contribution in [0.3, 0.4) is 0 Å². The molecule has 2 heterocycles. The van der Waals surface area contributed by atoms with Gasteiger partial charge in [0, 0.05) is 24.7 Å². The maximum Gasteiger partial charge on any atom is 0.242 e. The fraction of sp³-hybridized carbons (Fsp3) is 0.312. The molecule has 1 aliphatic heterocycles. The van der Waals surface area contributed by atoms with Gasteiger partial charge < -0.3 is 10.6 Å². The number of carbonyl (C=O) groups excluding carboxylic acids is 2. The highest BCUT2D eigenvalue weighted by molar-refractivity contribution is 5.90. The van der Waals surface area contributed by atoms with Crippen molar-refractivity contribution in [3.63, 3.8) is 0 Å². The highest BCUT2D eigenvalue weighted by atomic mass is 16.2. The molecule has 22 heavy (non-hydrogen) atoms. The summed E-state index contributed by atoms with van der Waals surface area (Å²) in [5.41, 5.74) is 2.11. The molecule has 0 radical (unpaired) electrons. The molecule has 1 fully saturated rings. The van der Waals surface area contributed by atoms with E-state index in [1.807, 2.05) is 41.2 Å². The minimum atomic E-state index is -0.396.